The van der Waals surface area contributed by atoms with Crippen LogP contribution < -0.4 is 5.32 Å². The molecular weight excluding hydrogens is 436 g/mol. The number of amides is 1. The Labute approximate surface area is 177 Å². The van der Waals surface area contributed by atoms with Crippen LogP contribution in [0.15, 0.2) is 53.2 Å². The predicted octanol–water partition coefficient (Wildman–Crippen LogP) is 6.05. The van der Waals surface area contributed by atoms with Crippen molar-refractivity contribution >= 4 is 45.3 Å². The number of nitrogens with one attached hydrogen (secondary N) is 1. The van der Waals surface area contributed by atoms with E-state index >= 15 is 0 Å². The van der Waals surface area contributed by atoms with E-state index in [2.05, 4.69) is 15.3 Å². The van der Waals surface area contributed by atoms with E-state index in [0.29, 0.717) is 27.1 Å². The van der Waals surface area contributed by atoms with Gasteiger partial charge in [0.1, 0.15) is 5.01 Å². The van der Waals surface area contributed by atoms with Crippen molar-refractivity contribution in [3.63, 3.8) is 0 Å². The number of carbonyl (C=O) groups is 1. The first kappa shape index (κ1) is 19.6. The summed E-state index contributed by atoms with van der Waals surface area (Å²) in [5, 5.41) is 7.98. The lowest BCUT2D eigenvalue weighted by atomic mass is 10.2. The molecule has 1 amide bonds. The highest BCUT2D eigenvalue weighted by Crippen LogP contribution is 2.28. The fourth-order valence-electron chi connectivity index (χ4n) is 2.59. The highest BCUT2D eigenvalue weighted by Gasteiger charge is 2.13. The molecule has 0 saturated heterocycles. The van der Waals surface area contributed by atoms with Crippen molar-refractivity contribution in [2.75, 3.05) is 5.32 Å². The molecule has 0 saturated carbocycles. The smallest absolute Gasteiger partial charge is 0.232 e. The summed E-state index contributed by atoms with van der Waals surface area (Å²) >= 11 is 8.65. The van der Waals surface area contributed by atoms with E-state index in [1.807, 2.05) is 23.6 Å². The van der Waals surface area contributed by atoms with Crippen LogP contribution in [0.25, 0.3) is 21.8 Å². The zero-order valence-corrected chi connectivity index (χ0v) is 17.0. The van der Waals surface area contributed by atoms with Crippen LogP contribution in [-0.4, -0.2) is 15.9 Å². The first-order chi connectivity index (χ1) is 14.0. The third-order valence-corrected chi connectivity index (χ3v) is 5.86. The number of aromatic nitrogens is 2. The monoisotopic (exact) mass is 447 g/mol. The van der Waals surface area contributed by atoms with Crippen LogP contribution in [-0.2, 0) is 11.2 Å². The molecule has 0 unspecified atom stereocenters. The molecule has 0 aliphatic carbocycles. The summed E-state index contributed by atoms with van der Waals surface area (Å²) in [6.07, 6.45) is 0.0944. The molecule has 1 N–H and O–H groups in total. The number of halogens is 3. The van der Waals surface area contributed by atoms with Crippen LogP contribution in [0.2, 0.25) is 5.02 Å². The van der Waals surface area contributed by atoms with Gasteiger partial charge in [0.05, 0.1) is 17.8 Å². The number of benzene rings is 2. The molecule has 0 fully saturated rings. The summed E-state index contributed by atoms with van der Waals surface area (Å²) in [5.41, 5.74) is 2.43. The molecule has 4 nitrogen and oxygen atoms in total. The minimum Gasteiger partial charge on any atom is -0.302 e. The number of hydrogen-bond donors (Lipinski definition) is 1. The van der Waals surface area contributed by atoms with Crippen LogP contribution in [0.4, 0.5) is 13.9 Å². The molecule has 0 bridgehead atoms. The Hall–Kier alpha value is -2.68. The van der Waals surface area contributed by atoms with Gasteiger partial charge in [0, 0.05) is 26.9 Å². The zero-order chi connectivity index (χ0) is 20.4. The summed E-state index contributed by atoms with van der Waals surface area (Å²) in [5.74, 6) is -2.13. The molecule has 2 aromatic carbocycles. The highest BCUT2D eigenvalue weighted by molar-refractivity contribution is 7.14. The SMILES string of the molecule is O=C(Cc1csc(-c2cccc(Cl)c2)n1)Nc1nc(-c2ccc(F)c(F)c2)cs1. The number of anilines is 1. The van der Waals surface area contributed by atoms with Gasteiger partial charge in [-0.3, -0.25) is 4.79 Å². The maximum Gasteiger partial charge on any atom is 0.232 e. The molecule has 9 heteroatoms. The molecule has 146 valence electrons. The quantitative estimate of drug-likeness (QED) is 0.405. The second kappa shape index (κ2) is 8.36. The van der Waals surface area contributed by atoms with Gasteiger partial charge in [-0.2, -0.15) is 0 Å². The van der Waals surface area contributed by atoms with Gasteiger partial charge < -0.3 is 5.32 Å². The van der Waals surface area contributed by atoms with Crippen LogP contribution in [0.5, 0.6) is 0 Å². The normalized spacial score (nSPS) is 10.9. The average Bonchev–Trinajstić information content (AvgIpc) is 3.34. The second-order valence-electron chi connectivity index (χ2n) is 6.05. The second-order valence-corrected chi connectivity index (χ2v) is 8.20. The molecular formula is C20H12ClF2N3OS2. The van der Waals surface area contributed by atoms with Gasteiger partial charge in [0.25, 0.3) is 0 Å². The lowest BCUT2D eigenvalue weighted by Gasteiger charge is -2.00. The fraction of sp³-hybridized carbons (Fsp3) is 0.0500. The first-order valence-electron chi connectivity index (χ1n) is 8.39. The van der Waals surface area contributed by atoms with Gasteiger partial charge in [-0.05, 0) is 30.3 Å². The Bertz CT molecular complexity index is 1190. The molecule has 0 aliphatic heterocycles. The molecule has 29 heavy (non-hydrogen) atoms. The van der Waals surface area contributed by atoms with E-state index in [-0.39, 0.29) is 12.3 Å². The minimum atomic E-state index is -0.944. The lowest BCUT2D eigenvalue weighted by molar-refractivity contribution is -0.115. The summed E-state index contributed by atoms with van der Waals surface area (Å²) in [7, 11) is 0. The topological polar surface area (TPSA) is 54.9 Å². The van der Waals surface area contributed by atoms with Crippen molar-refractivity contribution in [3.05, 3.63) is 75.6 Å². The van der Waals surface area contributed by atoms with Crippen molar-refractivity contribution in [1.82, 2.24) is 9.97 Å². The van der Waals surface area contributed by atoms with E-state index < -0.39 is 11.6 Å². The number of hydrogen-bond acceptors (Lipinski definition) is 5. The fourth-order valence-corrected chi connectivity index (χ4v) is 4.33. The third kappa shape index (κ3) is 4.67. The maximum absolute atomic E-state index is 13.4. The van der Waals surface area contributed by atoms with E-state index in [0.717, 1.165) is 22.7 Å². The molecule has 4 rings (SSSR count). The lowest BCUT2D eigenvalue weighted by Crippen LogP contribution is -2.14. The Morgan fingerprint density at radius 3 is 2.66 bits per heavy atom. The minimum absolute atomic E-state index is 0.0944. The van der Waals surface area contributed by atoms with Gasteiger partial charge in [-0.15, -0.1) is 22.7 Å². The van der Waals surface area contributed by atoms with Crippen LogP contribution in [0, 0.1) is 11.6 Å². The number of thiazole rings is 2. The van der Waals surface area contributed by atoms with Crippen LogP contribution >= 0.6 is 34.3 Å². The molecule has 0 spiro atoms. The molecule has 0 atom stereocenters. The van der Waals surface area contributed by atoms with E-state index in [1.54, 1.807) is 11.4 Å². The van der Waals surface area contributed by atoms with E-state index in [4.69, 9.17) is 11.6 Å². The van der Waals surface area contributed by atoms with E-state index in [1.165, 1.54) is 28.7 Å². The van der Waals surface area contributed by atoms with Gasteiger partial charge >= 0.3 is 0 Å². The Morgan fingerprint density at radius 2 is 1.86 bits per heavy atom. The van der Waals surface area contributed by atoms with Gasteiger partial charge in [-0.25, -0.2) is 18.7 Å². The van der Waals surface area contributed by atoms with Crippen molar-refractivity contribution in [2.45, 2.75) is 6.42 Å². The molecule has 2 heterocycles. The average molecular weight is 448 g/mol. The Morgan fingerprint density at radius 1 is 1.00 bits per heavy atom. The predicted molar refractivity (Wildman–Crippen MR) is 112 cm³/mol. The molecule has 0 aliphatic rings. The molecule has 2 aromatic heterocycles. The Balaban J connectivity index is 1.42. The summed E-state index contributed by atoms with van der Waals surface area (Å²) in [6, 6.07) is 10.9. The van der Waals surface area contributed by atoms with Crippen LogP contribution in [0.1, 0.15) is 5.69 Å². The number of carbonyl (C=O) groups excluding carboxylic acids is 1. The van der Waals surface area contributed by atoms with Crippen molar-refractivity contribution in [1.29, 1.82) is 0 Å². The highest BCUT2D eigenvalue weighted by atomic mass is 35.5. The van der Waals surface area contributed by atoms with Crippen molar-refractivity contribution < 1.29 is 13.6 Å². The Kier molecular flexibility index (Phi) is 5.66. The van der Waals surface area contributed by atoms with Gasteiger partial charge in [0.2, 0.25) is 5.91 Å². The molecule has 4 aromatic rings. The number of nitrogens with zero attached hydrogens (tertiary/aromatic N) is 2. The zero-order valence-electron chi connectivity index (χ0n) is 14.7. The maximum atomic E-state index is 13.4. The summed E-state index contributed by atoms with van der Waals surface area (Å²) in [6.45, 7) is 0. The first-order valence-corrected chi connectivity index (χ1v) is 10.5. The molecule has 0 radical (unpaired) electrons. The summed E-state index contributed by atoms with van der Waals surface area (Å²) < 4.78 is 26.5. The standard InChI is InChI=1S/C20H12ClF2N3OS2/c21-13-3-1-2-12(6-13)19-24-14(9-28-19)8-18(27)26-20-25-17(10-29-20)11-4-5-15(22)16(23)7-11/h1-7,9-10H,8H2,(H,25,26,27). The van der Waals surface area contributed by atoms with Crippen LogP contribution in [0.3, 0.4) is 0 Å². The van der Waals surface area contributed by atoms with Gasteiger partial charge in [0.15, 0.2) is 16.8 Å². The van der Waals surface area contributed by atoms with E-state index in [9.17, 15) is 13.6 Å². The third-order valence-electron chi connectivity index (χ3n) is 3.93. The van der Waals surface area contributed by atoms with Gasteiger partial charge in [-0.1, -0.05) is 23.7 Å². The van der Waals surface area contributed by atoms with Crippen molar-refractivity contribution in [2.24, 2.45) is 0 Å². The number of rotatable bonds is 5. The largest absolute Gasteiger partial charge is 0.302 e. The summed E-state index contributed by atoms with van der Waals surface area (Å²) in [4.78, 5) is 21.1. The van der Waals surface area contributed by atoms with Crippen molar-refractivity contribution in [3.8, 4) is 21.8 Å².